The second-order valence-electron chi connectivity index (χ2n) is 6.41. The molecule has 2 aromatic rings. The van der Waals surface area contributed by atoms with E-state index in [0.29, 0.717) is 12.1 Å². The number of hydrogen-bond donors (Lipinski definition) is 1. The van der Waals surface area contributed by atoms with Crippen LogP contribution in [0.5, 0.6) is 5.75 Å². The first-order valence-corrected chi connectivity index (χ1v) is 9.04. The van der Waals surface area contributed by atoms with E-state index in [1.165, 1.54) is 0 Å². The molecule has 26 heavy (non-hydrogen) atoms. The summed E-state index contributed by atoms with van der Waals surface area (Å²) in [5.41, 5.74) is 2.63. The lowest BCUT2D eigenvalue weighted by molar-refractivity contribution is -0.122. The van der Waals surface area contributed by atoms with Crippen LogP contribution in [-0.2, 0) is 16.0 Å². The van der Waals surface area contributed by atoms with Gasteiger partial charge in [-0.05, 0) is 55.7 Å². The van der Waals surface area contributed by atoms with Crippen molar-refractivity contribution >= 4 is 23.2 Å². The van der Waals surface area contributed by atoms with E-state index in [4.69, 9.17) is 4.74 Å². The minimum absolute atomic E-state index is 0.151. The van der Waals surface area contributed by atoms with Crippen molar-refractivity contribution in [1.82, 2.24) is 0 Å². The van der Waals surface area contributed by atoms with Gasteiger partial charge in [0.1, 0.15) is 5.75 Å². The summed E-state index contributed by atoms with van der Waals surface area (Å²) in [5.74, 6) is 0.680. The molecule has 2 amide bonds. The van der Waals surface area contributed by atoms with Crippen LogP contribution in [0.3, 0.4) is 0 Å². The number of nitrogens with zero attached hydrogens (tertiary/aromatic N) is 1. The van der Waals surface area contributed by atoms with Crippen molar-refractivity contribution in [2.75, 3.05) is 16.8 Å². The Kier molecular flexibility index (Phi) is 5.56. The number of carbonyl (C=O) groups is 2. The first kappa shape index (κ1) is 18.0. The zero-order valence-corrected chi connectivity index (χ0v) is 15.2. The lowest BCUT2D eigenvalue weighted by Gasteiger charge is -2.18. The highest BCUT2D eigenvalue weighted by molar-refractivity contribution is 5.96. The maximum absolute atomic E-state index is 12.4. The molecule has 2 aromatic carbocycles. The van der Waals surface area contributed by atoms with E-state index in [9.17, 15) is 9.59 Å². The van der Waals surface area contributed by atoms with Crippen LogP contribution in [0.15, 0.2) is 48.5 Å². The van der Waals surface area contributed by atoms with Crippen molar-refractivity contribution in [2.24, 2.45) is 0 Å². The first-order chi connectivity index (χ1) is 12.6. The summed E-state index contributed by atoms with van der Waals surface area (Å²) in [6, 6.07) is 15.1. The van der Waals surface area contributed by atoms with Crippen LogP contribution in [0, 0.1) is 0 Å². The average Bonchev–Trinajstić information content (AvgIpc) is 3.08. The van der Waals surface area contributed by atoms with Gasteiger partial charge in [0.2, 0.25) is 5.91 Å². The van der Waals surface area contributed by atoms with Gasteiger partial charge in [0, 0.05) is 24.3 Å². The van der Waals surface area contributed by atoms with E-state index >= 15 is 0 Å². The Balaban J connectivity index is 1.61. The predicted molar refractivity (Wildman–Crippen MR) is 103 cm³/mol. The van der Waals surface area contributed by atoms with Crippen molar-refractivity contribution in [2.45, 2.75) is 39.2 Å². The molecule has 0 spiro atoms. The van der Waals surface area contributed by atoms with E-state index in [-0.39, 0.29) is 11.8 Å². The fraction of sp³-hybridized carbons (Fsp3) is 0.333. The molecule has 5 nitrogen and oxygen atoms in total. The Morgan fingerprint density at radius 3 is 2.58 bits per heavy atom. The highest BCUT2D eigenvalue weighted by atomic mass is 16.5. The zero-order chi connectivity index (χ0) is 18.5. The predicted octanol–water partition coefficient (Wildman–Crippen LogP) is 3.78. The molecule has 1 atom stereocenters. The molecule has 0 aromatic heterocycles. The van der Waals surface area contributed by atoms with Crippen LogP contribution in [0.4, 0.5) is 11.4 Å². The van der Waals surface area contributed by atoms with Gasteiger partial charge in [-0.3, -0.25) is 9.59 Å². The number of carbonyl (C=O) groups excluding carboxylic acids is 2. The van der Waals surface area contributed by atoms with Gasteiger partial charge in [-0.15, -0.1) is 0 Å². The van der Waals surface area contributed by atoms with Crippen molar-refractivity contribution in [3.05, 3.63) is 54.1 Å². The number of amides is 2. The molecule has 5 heteroatoms. The van der Waals surface area contributed by atoms with E-state index in [1.807, 2.05) is 48.5 Å². The van der Waals surface area contributed by atoms with Crippen LogP contribution in [-0.4, -0.2) is 24.5 Å². The lowest BCUT2D eigenvalue weighted by Crippen LogP contribution is -2.30. The Labute approximate surface area is 154 Å². The summed E-state index contributed by atoms with van der Waals surface area (Å²) in [5, 5.41) is 2.86. The van der Waals surface area contributed by atoms with E-state index in [2.05, 4.69) is 12.2 Å². The summed E-state index contributed by atoms with van der Waals surface area (Å²) in [4.78, 5) is 26.0. The zero-order valence-electron chi connectivity index (χ0n) is 15.2. The van der Waals surface area contributed by atoms with Crippen molar-refractivity contribution in [1.29, 1.82) is 0 Å². The SMILES string of the molecule is CCc1ccccc1OC(C)C(=O)Nc1ccc(N2CCCC2=O)cc1. The second-order valence-corrected chi connectivity index (χ2v) is 6.41. The molecule has 1 aliphatic rings. The molecule has 3 rings (SSSR count). The summed E-state index contributed by atoms with van der Waals surface area (Å²) < 4.78 is 5.82. The molecular weight excluding hydrogens is 328 g/mol. The van der Waals surface area contributed by atoms with Gasteiger partial charge in [-0.25, -0.2) is 0 Å². The van der Waals surface area contributed by atoms with Gasteiger partial charge in [0.15, 0.2) is 6.10 Å². The van der Waals surface area contributed by atoms with Crippen molar-refractivity contribution in [3.8, 4) is 5.75 Å². The van der Waals surface area contributed by atoms with Gasteiger partial charge >= 0.3 is 0 Å². The third-order valence-corrected chi connectivity index (χ3v) is 4.55. The molecule has 1 aliphatic heterocycles. The van der Waals surface area contributed by atoms with Crippen LogP contribution in [0.25, 0.3) is 0 Å². The minimum Gasteiger partial charge on any atom is -0.481 e. The number of nitrogens with one attached hydrogen (secondary N) is 1. The third-order valence-electron chi connectivity index (χ3n) is 4.55. The number of aryl methyl sites for hydroxylation is 1. The minimum atomic E-state index is -0.609. The molecule has 0 radical (unpaired) electrons. The molecule has 1 fully saturated rings. The first-order valence-electron chi connectivity index (χ1n) is 9.04. The summed E-state index contributed by atoms with van der Waals surface area (Å²) in [6.45, 7) is 4.55. The van der Waals surface area contributed by atoms with Gasteiger partial charge in [0.25, 0.3) is 5.91 Å². The van der Waals surface area contributed by atoms with Gasteiger partial charge < -0.3 is 15.0 Å². The highest BCUT2D eigenvalue weighted by Gasteiger charge is 2.21. The quantitative estimate of drug-likeness (QED) is 0.861. The Hall–Kier alpha value is -2.82. The Morgan fingerprint density at radius 2 is 1.92 bits per heavy atom. The van der Waals surface area contributed by atoms with Gasteiger partial charge in [-0.2, -0.15) is 0 Å². The van der Waals surface area contributed by atoms with E-state index in [1.54, 1.807) is 11.8 Å². The molecule has 1 heterocycles. The normalized spacial score (nSPS) is 15.0. The van der Waals surface area contributed by atoms with Gasteiger partial charge in [-0.1, -0.05) is 25.1 Å². The topological polar surface area (TPSA) is 58.6 Å². The summed E-state index contributed by atoms with van der Waals surface area (Å²) in [7, 11) is 0. The number of rotatable bonds is 6. The molecule has 1 unspecified atom stereocenters. The number of ether oxygens (including phenoxy) is 1. The molecule has 0 bridgehead atoms. The van der Waals surface area contributed by atoms with Gasteiger partial charge in [0.05, 0.1) is 0 Å². The fourth-order valence-corrected chi connectivity index (χ4v) is 3.04. The van der Waals surface area contributed by atoms with E-state index in [0.717, 1.165) is 36.4 Å². The molecule has 0 aliphatic carbocycles. The number of para-hydroxylation sites is 1. The summed E-state index contributed by atoms with van der Waals surface area (Å²) >= 11 is 0. The molecular formula is C21H24N2O3. The lowest BCUT2D eigenvalue weighted by atomic mass is 10.1. The average molecular weight is 352 g/mol. The van der Waals surface area contributed by atoms with Crippen LogP contribution < -0.4 is 15.0 Å². The highest BCUT2D eigenvalue weighted by Crippen LogP contribution is 2.24. The van der Waals surface area contributed by atoms with Crippen LogP contribution >= 0.6 is 0 Å². The maximum atomic E-state index is 12.4. The van der Waals surface area contributed by atoms with Crippen molar-refractivity contribution in [3.63, 3.8) is 0 Å². The molecule has 0 saturated carbocycles. The number of benzene rings is 2. The molecule has 136 valence electrons. The Morgan fingerprint density at radius 1 is 1.19 bits per heavy atom. The third kappa shape index (κ3) is 4.04. The number of anilines is 2. The fourth-order valence-electron chi connectivity index (χ4n) is 3.04. The maximum Gasteiger partial charge on any atom is 0.265 e. The monoisotopic (exact) mass is 352 g/mol. The standard InChI is InChI=1S/C21H24N2O3/c1-3-16-7-4-5-8-19(16)26-15(2)21(25)22-17-10-12-18(13-11-17)23-14-6-9-20(23)24/h4-5,7-8,10-13,15H,3,6,9,14H2,1-2H3,(H,22,25). The Bertz CT molecular complexity index is 786. The molecule has 1 saturated heterocycles. The largest absolute Gasteiger partial charge is 0.481 e. The molecule has 1 N–H and O–H groups in total. The van der Waals surface area contributed by atoms with Crippen molar-refractivity contribution < 1.29 is 14.3 Å². The van der Waals surface area contributed by atoms with Crippen LogP contribution in [0.1, 0.15) is 32.3 Å². The summed E-state index contributed by atoms with van der Waals surface area (Å²) in [6.07, 6.45) is 1.74. The smallest absolute Gasteiger partial charge is 0.265 e. The van der Waals surface area contributed by atoms with Crippen LogP contribution in [0.2, 0.25) is 0 Å². The van der Waals surface area contributed by atoms with E-state index < -0.39 is 6.10 Å². The number of hydrogen-bond acceptors (Lipinski definition) is 3. The second kappa shape index (κ2) is 8.04.